The van der Waals surface area contributed by atoms with E-state index in [2.05, 4.69) is 10.1 Å². The van der Waals surface area contributed by atoms with Crippen molar-refractivity contribution in [3.05, 3.63) is 21.9 Å². The molecule has 0 N–H and O–H groups in total. The molecule has 0 bridgehead atoms. The van der Waals surface area contributed by atoms with Crippen molar-refractivity contribution in [3.8, 4) is 6.07 Å². The molecule has 0 unspecified atom stereocenters. The molecule has 0 aliphatic rings. The van der Waals surface area contributed by atoms with E-state index in [1.807, 2.05) is 6.07 Å². The molecule has 0 fully saturated rings. The minimum absolute atomic E-state index is 0.252. The summed E-state index contributed by atoms with van der Waals surface area (Å²) in [5.41, 5.74) is 0.543. The first-order valence-electron chi connectivity index (χ1n) is 2.77. The van der Waals surface area contributed by atoms with Crippen LogP contribution in [0.1, 0.15) is 15.9 Å². The van der Waals surface area contributed by atoms with Crippen LogP contribution in [0, 0.1) is 16.7 Å². The average Bonchev–Trinajstić information content (AvgIpc) is 2.50. The van der Waals surface area contributed by atoms with Gasteiger partial charge in [0.25, 0.3) is 0 Å². The van der Waals surface area contributed by atoms with Gasteiger partial charge in [-0.25, -0.2) is 4.79 Å². The van der Waals surface area contributed by atoms with Crippen molar-refractivity contribution >= 4 is 17.3 Å². The summed E-state index contributed by atoms with van der Waals surface area (Å²) in [6.45, 7) is 0. The van der Waals surface area contributed by atoms with Crippen molar-refractivity contribution in [2.75, 3.05) is 7.11 Å². The summed E-state index contributed by atoms with van der Waals surface area (Å²) in [6.07, 6.45) is 0. The fourth-order valence-electron chi connectivity index (χ4n) is 0.604. The predicted octanol–water partition coefficient (Wildman–Crippen LogP) is 1.21. The zero-order valence-corrected chi connectivity index (χ0v) is 6.57. The van der Waals surface area contributed by atoms with E-state index >= 15 is 0 Å². The van der Waals surface area contributed by atoms with Crippen LogP contribution in [0.15, 0.2) is 5.38 Å². The Morgan fingerprint density at radius 2 is 2.64 bits per heavy atom. The molecule has 4 heteroatoms. The summed E-state index contributed by atoms with van der Waals surface area (Å²) in [6, 6.07) is 1.84. The van der Waals surface area contributed by atoms with Crippen LogP contribution in [0.4, 0.5) is 0 Å². The van der Waals surface area contributed by atoms with E-state index in [9.17, 15) is 4.79 Å². The highest BCUT2D eigenvalue weighted by Crippen LogP contribution is 2.13. The number of hydrogen-bond acceptors (Lipinski definition) is 4. The van der Waals surface area contributed by atoms with Gasteiger partial charge in [-0.15, -0.1) is 11.3 Å². The molecule has 0 aliphatic heterocycles. The molecular formula is C7H4NO2S. The third-order valence-electron chi connectivity index (χ3n) is 1.12. The lowest BCUT2D eigenvalue weighted by molar-refractivity contribution is 0.0601. The second-order valence-corrected chi connectivity index (χ2v) is 2.41. The predicted molar refractivity (Wildman–Crippen MR) is 39.2 cm³/mol. The second kappa shape index (κ2) is 3.17. The van der Waals surface area contributed by atoms with Crippen molar-refractivity contribution in [1.29, 1.82) is 5.26 Å². The van der Waals surface area contributed by atoms with Crippen molar-refractivity contribution in [3.63, 3.8) is 0 Å². The maximum absolute atomic E-state index is 10.9. The SMILES string of the molecule is COC(=O)c1cs[c]c1C#N. The molecular weight excluding hydrogens is 162 g/mol. The summed E-state index contributed by atoms with van der Waals surface area (Å²) in [5.74, 6) is -0.487. The molecule has 0 saturated heterocycles. The number of nitrogens with zero attached hydrogens (tertiary/aromatic N) is 1. The number of hydrogen-bond donors (Lipinski definition) is 0. The van der Waals surface area contributed by atoms with Gasteiger partial charge in [0.15, 0.2) is 0 Å². The minimum atomic E-state index is -0.487. The monoisotopic (exact) mass is 166 g/mol. The number of thiophene rings is 1. The first-order valence-corrected chi connectivity index (χ1v) is 3.65. The minimum Gasteiger partial charge on any atom is -0.465 e. The Hall–Kier alpha value is -1.34. The fraction of sp³-hybridized carbons (Fsp3) is 0.143. The molecule has 0 aromatic carbocycles. The van der Waals surface area contributed by atoms with Crippen molar-refractivity contribution in [2.24, 2.45) is 0 Å². The number of methoxy groups -OCH3 is 1. The van der Waals surface area contributed by atoms with Crippen molar-refractivity contribution < 1.29 is 9.53 Å². The first kappa shape index (κ1) is 7.76. The van der Waals surface area contributed by atoms with Crippen molar-refractivity contribution in [2.45, 2.75) is 0 Å². The van der Waals surface area contributed by atoms with Gasteiger partial charge in [-0.3, -0.25) is 0 Å². The van der Waals surface area contributed by atoms with Crippen molar-refractivity contribution in [1.82, 2.24) is 0 Å². The van der Waals surface area contributed by atoms with Gasteiger partial charge in [0.05, 0.1) is 23.6 Å². The molecule has 0 atom stereocenters. The lowest BCUT2D eigenvalue weighted by Crippen LogP contribution is -2.00. The standard InChI is InChI=1S/C7H4NO2S/c1-10-7(9)6-4-11-3-5(6)2-8/h4H,1H3. The number of ether oxygens (including phenoxy) is 1. The average molecular weight is 166 g/mol. The Morgan fingerprint density at radius 3 is 3.18 bits per heavy atom. The third kappa shape index (κ3) is 1.38. The summed E-state index contributed by atoms with van der Waals surface area (Å²) in [7, 11) is 1.28. The Balaban J connectivity index is 3.05. The molecule has 0 amide bonds. The van der Waals surface area contributed by atoms with Gasteiger partial charge in [-0.1, -0.05) is 0 Å². The maximum Gasteiger partial charge on any atom is 0.340 e. The van der Waals surface area contributed by atoms with E-state index in [-0.39, 0.29) is 5.56 Å². The summed E-state index contributed by atoms with van der Waals surface area (Å²) in [5, 5.41) is 12.7. The molecule has 1 aromatic rings. The van der Waals surface area contributed by atoms with Crippen LogP contribution in [-0.4, -0.2) is 13.1 Å². The number of nitriles is 1. The highest BCUT2D eigenvalue weighted by atomic mass is 32.1. The number of esters is 1. The second-order valence-electron chi connectivity index (χ2n) is 1.73. The Morgan fingerprint density at radius 1 is 1.91 bits per heavy atom. The summed E-state index contributed by atoms with van der Waals surface area (Å²) >= 11 is 1.19. The van der Waals surface area contributed by atoms with Gasteiger partial charge in [0.1, 0.15) is 6.07 Å². The molecule has 3 nitrogen and oxygen atoms in total. The van der Waals surface area contributed by atoms with E-state index < -0.39 is 5.97 Å². The van der Waals surface area contributed by atoms with Crippen LogP contribution in [0.25, 0.3) is 0 Å². The lowest BCUT2D eigenvalue weighted by atomic mass is 10.2. The van der Waals surface area contributed by atoms with Crippen LogP contribution in [-0.2, 0) is 4.74 Å². The third-order valence-corrected chi connectivity index (χ3v) is 1.80. The van der Waals surface area contributed by atoms with Gasteiger partial charge in [-0.2, -0.15) is 5.26 Å². The maximum atomic E-state index is 10.9. The van der Waals surface area contributed by atoms with E-state index in [1.165, 1.54) is 18.4 Å². The van der Waals surface area contributed by atoms with Crippen LogP contribution in [0.2, 0.25) is 0 Å². The fourth-order valence-corrected chi connectivity index (χ4v) is 1.27. The Labute approximate surface area is 67.8 Å². The summed E-state index contributed by atoms with van der Waals surface area (Å²) in [4.78, 5) is 10.9. The summed E-state index contributed by atoms with van der Waals surface area (Å²) < 4.78 is 4.43. The topological polar surface area (TPSA) is 50.1 Å². The van der Waals surface area contributed by atoms with E-state index in [1.54, 1.807) is 5.38 Å². The Bertz CT molecular complexity index is 310. The zero-order valence-electron chi connectivity index (χ0n) is 5.75. The molecule has 1 heterocycles. The number of carbonyl (C=O) groups excluding carboxylic acids is 1. The van der Waals surface area contributed by atoms with Gasteiger partial charge in [-0.05, 0) is 0 Å². The van der Waals surface area contributed by atoms with Gasteiger partial charge >= 0.3 is 5.97 Å². The lowest BCUT2D eigenvalue weighted by Gasteiger charge is -1.93. The van der Waals surface area contributed by atoms with E-state index in [4.69, 9.17) is 5.26 Å². The smallest absolute Gasteiger partial charge is 0.340 e. The van der Waals surface area contributed by atoms with Crippen LogP contribution in [0.3, 0.4) is 0 Å². The van der Waals surface area contributed by atoms with E-state index in [0.717, 1.165) is 0 Å². The first-order chi connectivity index (χ1) is 5.29. The van der Waals surface area contributed by atoms with Crippen LogP contribution < -0.4 is 0 Å². The van der Waals surface area contributed by atoms with Gasteiger partial charge in [0.2, 0.25) is 0 Å². The Kier molecular flexibility index (Phi) is 2.24. The van der Waals surface area contributed by atoms with Crippen LogP contribution >= 0.6 is 11.3 Å². The number of rotatable bonds is 1. The molecule has 1 rings (SSSR count). The molecule has 0 aliphatic carbocycles. The zero-order chi connectivity index (χ0) is 8.27. The van der Waals surface area contributed by atoms with Gasteiger partial charge < -0.3 is 4.74 Å². The highest BCUT2D eigenvalue weighted by molar-refractivity contribution is 7.07. The molecule has 1 aromatic heterocycles. The molecule has 11 heavy (non-hydrogen) atoms. The molecule has 0 spiro atoms. The quantitative estimate of drug-likeness (QED) is 0.589. The number of carbonyl (C=O) groups is 1. The highest BCUT2D eigenvalue weighted by Gasteiger charge is 2.11. The largest absolute Gasteiger partial charge is 0.465 e. The van der Waals surface area contributed by atoms with E-state index in [0.29, 0.717) is 5.56 Å². The normalized spacial score (nSPS) is 8.73. The molecule has 55 valence electrons. The molecule has 1 radical (unpaired) electrons. The van der Waals surface area contributed by atoms with Gasteiger partial charge in [0, 0.05) is 5.38 Å². The van der Waals surface area contributed by atoms with Crippen LogP contribution in [0.5, 0.6) is 0 Å². The molecule has 0 saturated carbocycles.